The molecule has 108 valence electrons. The number of amides is 1. The maximum atomic E-state index is 11.9. The lowest BCUT2D eigenvalue weighted by atomic mass is 10.1. The first-order valence-corrected chi connectivity index (χ1v) is 7.51. The highest BCUT2D eigenvalue weighted by Gasteiger charge is 2.12. The third-order valence-electron chi connectivity index (χ3n) is 3.43. The number of nitrogens with zero attached hydrogens (tertiary/aromatic N) is 2. The van der Waals surface area contributed by atoms with Gasteiger partial charge in [-0.25, -0.2) is 4.98 Å². The van der Waals surface area contributed by atoms with Gasteiger partial charge in [0, 0.05) is 18.9 Å². The summed E-state index contributed by atoms with van der Waals surface area (Å²) in [5.74, 6) is 0.0731. The summed E-state index contributed by atoms with van der Waals surface area (Å²) in [6, 6.07) is -0.174. The van der Waals surface area contributed by atoms with Gasteiger partial charge < -0.3 is 9.88 Å². The molecule has 0 radical (unpaired) electrons. The Bertz CT molecular complexity index is 335. The molecule has 0 bridgehead atoms. The van der Waals surface area contributed by atoms with Crippen molar-refractivity contribution < 1.29 is 4.79 Å². The molecular formula is C15H27N3O. The summed E-state index contributed by atoms with van der Waals surface area (Å²) in [6.07, 6.45) is 14.1. The number of hydrogen-bond acceptors (Lipinski definition) is 2. The summed E-state index contributed by atoms with van der Waals surface area (Å²) >= 11 is 0. The number of carbonyl (C=O) groups is 1. The third kappa shape index (κ3) is 6.41. The van der Waals surface area contributed by atoms with E-state index in [1.54, 1.807) is 12.5 Å². The zero-order valence-corrected chi connectivity index (χ0v) is 12.3. The van der Waals surface area contributed by atoms with E-state index in [-0.39, 0.29) is 11.9 Å². The van der Waals surface area contributed by atoms with E-state index in [1.807, 2.05) is 17.7 Å². The van der Waals surface area contributed by atoms with E-state index in [0.29, 0.717) is 0 Å². The first kappa shape index (κ1) is 15.7. The normalized spacial score (nSPS) is 12.3. The lowest BCUT2D eigenvalue weighted by molar-refractivity contribution is -0.123. The fourth-order valence-corrected chi connectivity index (χ4v) is 2.08. The molecule has 1 N–H and O–H groups in total. The summed E-state index contributed by atoms with van der Waals surface area (Å²) in [5.41, 5.74) is 0. The Labute approximate surface area is 116 Å². The van der Waals surface area contributed by atoms with Gasteiger partial charge >= 0.3 is 0 Å². The van der Waals surface area contributed by atoms with Crippen molar-refractivity contribution in [2.24, 2.45) is 0 Å². The van der Waals surface area contributed by atoms with Gasteiger partial charge in [0.25, 0.3) is 0 Å². The zero-order valence-electron chi connectivity index (χ0n) is 12.3. The van der Waals surface area contributed by atoms with Crippen molar-refractivity contribution in [3.8, 4) is 0 Å². The van der Waals surface area contributed by atoms with Crippen molar-refractivity contribution in [3.63, 3.8) is 0 Å². The van der Waals surface area contributed by atoms with E-state index in [2.05, 4.69) is 17.2 Å². The second-order valence-corrected chi connectivity index (χ2v) is 5.10. The molecule has 4 nitrogen and oxygen atoms in total. The molecule has 0 aliphatic carbocycles. The maximum Gasteiger partial charge on any atom is 0.242 e. The summed E-state index contributed by atoms with van der Waals surface area (Å²) in [5, 5.41) is 2.99. The molecule has 1 aromatic heterocycles. The molecule has 0 aromatic carbocycles. The van der Waals surface area contributed by atoms with Crippen molar-refractivity contribution >= 4 is 5.91 Å². The maximum absolute atomic E-state index is 11.9. The monoisotopic (exact) mass is 265 g/mol. The molecule has 1 amide bonds. The van der Waals surface area contributed by atoms with Crippen molar-refractivity contribution in [1.82, 2.24) is 14.9 Å². The van der Waals surface area contributed by atoms with Gasteiger partial charge in [-0.2, -0.15) is 0 Å². The average Bonchev–Trinajstić information content (AvgIpc) is 2.94. The number of unbranched alkanes of at least 4 members (excludes halogenated alkanes) is 6. The van der Waals surface area contributed by atoms with Crippen LogP contribution in [0.3, 0.4) is 0 Å². The van der Waals surface area contributed by atoms with Crippen LogP contribution in [-0.2, 0) is 4.79 Å². The number of rotatable bonds is 10. The molecule has 0 saturated carbocycles. The SMILES string of the molecule is CCCCCCCCCNC(=O)C(C)n1ccnc1. The largest absolute Gasteiger partial charge is 0.354 e. The van der Waals surface area contributed by atoms with Crippen molar-refractivity contribution in [1.29, 1.82) is 0 Å². The van der Waals surface area contributed by atoms with Gasteiger partial charge in [-0.3, -0.25) is 4.79 Å². The number of nitrogens with one attached hydrogen (secondary N) is 1. The van der Waals surface area contributed by atoms with Crippen LogP contribution in [0.25, 0.3) is 0 Å². The van der Waals surface area contributed by atoms with Gasteiger partial charge in [0.15, 0.2) is 0 Å². The fraction of sp³-hybridized carbons (Fsp3) is 0.733. The standard InChI is InChI=1S/C15H27N3O/c1-3-4-5-6-7-8-9-10-17-15(19)14(2)18-12-11-16-13-18/h11-14H,3-10H2,1-2H3,(H,17,19). The topological polar surface area (TPSA) is 46.9 Å². The van der Waals surface area contributed by atoms with Gasteiger partial charge in [-0.1, -0.05) is 45.4 Å². The van der Waals surface area contributed by atoms with Crippen LogP contribution in [0.5, 0.6) is 0 Å². The molecule has 1 rings (SSSR count). The smallest absolute Gasteiger partial charge is 0.242 e. The predicted molar refractivity (Wildman–Crippen MR) is 77.9 cm³/mol. The second-order valence-electron chi connectivity index (χ2n) is 5.10. The first-order chi connectivity index (χ1) is 9.25. The van der Waals surface area contributed by atoms with Crippen LogP contribution in [0.4, 0.5) is 0 Å². The highest BCUT2D eigenvalue weighted by Crippen LogP contribution is 2.07. The molecule has 1 unspecified atom stereocenters. The van der Waals surface area contributed by atoms with E-state index in [0.717, 1.165) is 13.0 Å². The fourth-order valence-electron chi connectivity index (χ4n) is 2.08. The highest BCUT2D eigenvalue weighted by atomic mass is 16.2. The molecule has 0 spiro atoms. The summed E-state index contributed by atoms with van der Waals surface area (Å²) in [6.45, 7) is 4.91. The lowest BCUT2D eigenvalue weighted by Crippen LogP contribution is -2.31. The van der Waals surface area contributed by atoms with E-state index >= 15 is 0 Å². The van der Waals surface area contributed by atoms with Crippen molar-refractivity contribution in [3.05, 3.63) is 18.7 Å². The third-order valence-corrected chi connectivity index (χ3v) is 3.43. The molecule has 0 aliphatic rings. The first-order valence-electron chi connectivity index (χ1n) is 7.51. The van der Waals surface area contributed by atoms with Crippen LogP contribution in [0.15, 0.2) is 18.7 Å². The average molecular weight is 265 g/mol. The van der Waals surface area contributed by atoms with E-state index < -0.39 is 0 Å². The number of hydrogen-bond donors (Lipinski definition) is 1. The van der Waals surface area contributed by atoms with Crippen LogP contribution in [0.2, 0.25) is 0 Å². The molecule has 1 atom stereocenters. The minimum Gasteiger partial charge on any atom is -0.354 e. The Morgan fingerprint density at radius 2 is 1.89 bits per heavy atom. The quantitative estimate of drug-likeness (QED) is 0.660. The van der Waals surface area contributed by atoms with E-state index in [4.69, 9.17) is 0 Å². The number of carbonyl (C=O) groups excluding carboxylic acids is 1. The molecule has 0 fully saturated rings. The molecule has 19 heavy (non-hydrogen) atoms. The molecule has 1 aromatic rings. The van der Waals surface area contributed by atoms with Crippen LogP contribution in [0.1, 0.15) is 64.8 Å². The van der Waals surface area contributed by atoms with Gasteiger partial charge in [0.2, 0.25) is 5.91 Å². The molecule has 4 heteroatoms. The molecule has 1 heterocycles. The molecular weight excluding hydrogens is 238 g/mol. The van der Waals surface area contributed by atoms with Crippen molar-refractivity contribution in [2.75, 3.05) is 6.54 Å². The van der Waals surface area contributed by atoms with Crippen LogP contribution >= 0.6 is 0 Å². The Hall–Kier alpha value is -1.32. The summed E-state index contributed by atoms with van der Waals surface area (Å²) < 4.78 is 1.82. The Kier molecular flexibility index (Phi) is 7.94. The predicted octanol–water partition coefficient (Wildman–Crippen LogP) is 3.31. The molecule has 0 aliphatic heterocycles. The Morgan fingerprint density at radius 3 is 2.53 bits per heavy atom. The van der Waals surface area contributed by atoms with Crippen LogP contribution in [-0.4, -0.2) is 22.0 Å². The van der Waals surface area contributed by atoms with Gasteiger partial charge in [-0.15, -0.1) is 0 Å². The Balaban J connectivity index is 2.01. The number of imidazole rings is 1. The highest BCUT2D eigenvalue weighted by molar-refractivity contribution is 5.79. The zero-order chi connectivity index (χ0) is 13.9. The van der Waals surface area contributed by atoms with E-state index in [1.165, 1.54) is 38.5 Å². The van der Waals surface area contributed by atoms with E-state index in [9.17, 15) is 4.79 Å². The second kappa shape index (κ2) is 9.59. The van der Waals surface area contributed by atoms with Crippen molar-refractivity contribution in [2.45, 2.75) is 64.8 Å². The Morgan fingerprint density at radius 1 is 1.21 bits per heavy atom. The summed E-state index contributed by atoms with van der Waals surface area (Å²) in [7, 11) is 0. The van der Waals surface area contributed by atoms with Gasteiger partial charge in [0.05, 0.1) is 6.33 Å². The number of aromatic nitrogens is 2. The van der Waals surface area contributed by atoms with Gasteiger partial charge in [0.1, 0.15) is 6.04 Å². The molecule has 0 saturated heterocycles. The lowest BCUT2D eigenvalue weighted by Gasteiger charge is -2.13. The van der Waals surface area contributed by atoms with Gasteiger partial charge in [-0.05, 0) is 13.3 Å². The minimum atomic E-state index is -0.174. The summed E-state index contributed by atoms with van der Waals surface area (Å²) in [4.78, 5) is 15.8. The van der Waals surface area contributed by atoms with Crippen LogP contribution < -0.4 is 5.32 Å². The minimum absolute atomic E-state index is 0.0731. The van der Waals surface area contributed by atoms with Crippen LogP contribution in [0, 0.1) is 0 Å².